The number of nitrogens with one attached hydrogen (secondary N) is 1. The molecular weight excluding hydrogens is 347 g/mol. The summed E-state index contributed by atoms with van der Waals surface area (Å²) in [5, 5.41) is 4.15. The van der Waals surface area contributed by atoms with Crippen LogP contribution in [0.25, 0.3) is 0 Å². The minimum atomic E-state index is -0.0591. The number of rotatable bonds is 3. The number of amides is 1. The number of benzene rings is 1. The van der Waals surface area contributed by atoms with Gasteiger partial charge < -0.3 is 10.2 Å². The fraction of sp³-hybridized carbons (Fsp3) is 0.353. The molecule has 7 heteroatoms. The number of likely N-dealkylation sites (tertiary alicyclic amines) is 1. The van der Waals surface area contributed by atoms with Gasteiger partial charge in [0.2, 0.25) is 0 Å². The number of piperidine rings is 1. The van der Waals surface area contributed by atoms with Crippen molar-refractivity contribution < 1.29 is 4.79 Å². The quantitative estimate of drug-likeness (QED) is 0.876. The van der Waals surface area contributed by atoms with Crippen molar-refractivity contribution >= 4 is 40.6 Å². The number of carbonyl (C=O) groups excluding carboxylic acids is 1. The van der Waals surface area contributed by atoms with Crippen LogP contribution in [-0.4, -0.2) is 33.9 Å². The van der Waals surface area contributed by atoms with E-state index >= 15 is 0 Å². The van der Waals surface area contributed by atoms with Crippen molar-refractivity contribution in [3.05, 3.63) is 46.3 Å². The van der Waals surface area contributed by atoms with Crippen LogP contribution in [0.2, 0.25) is 10.0 Å². The van der Waals surface area contributed by atoms with Gasteiger partial charge in [0.15, 0.2) is 0 Å². The highest BCUT2D eigenvalue weighted by atomic mass is 35.5. The molecule has 5 nitrogen and oxygen atoms in total. The standard InChI is InChI=1S/C17H18Cl2N4O/c1-11-3-2-4-23(9-11)17(24)15-8-16(21-10-20-15)22-14-6-12(18)5-13(19)7-14/h5-8,10-11H,2-4,9H2,1H3,(H,20,21,22). The topological polar surface area (TPSA) is 58.1 Å². The average molecular weight is 365 g/mol. The molecule has 1 atom stereocenters. The Morgan fingerprint density at radius 1 is 1.21 bits per heavy atom. The summed E-state index contributed by atoms with van der Waals surface area (Å²) in [5.41, 5.74) is 1.09. The third-order valence-electron chi connectivity index (χ3n) is 3.97. The highest BCUT2D eigenvalue weighted by Gasteiger charge is 2.23. The summed E-state index contributed by atoms with van der Waals surface area (Å²) in [6.07, 6.45) is 3.58. The minimum Gasteiger partial charge on any atom is -0.340 e. The number of hydrogen-bond acceptors (Lipinski definition) is 4. The molecule has 0 aliphatic carbocycles. The Labute approximate surface area is 151 Å². The average Bonchev–Trinajstić information content (AvgIpc) is 2.53. The number of carbonyl (C=O) groups is 1. The molecule has 1 aliphatic heterocycles. The lowest BCUT2D eigenvalue weighted by Crippen LogP contribution is -2.39. The van der Waals surface area contributed by atoms with Crippen LogP contribution in [0.4, 0.5) is 11.5 Å². The largest absolute Gasteiger partial charge is 0.340 e. The van der Waals surface area contributed by atoms with E-state index in [1.165, 1.54) is 6.33 Å². The molecule has 1 fully saturated rings. The van der Waals surface area contributed by atoms with Gasteiger partial charge in [0.1, 0.15) is 17.8 Å². The summed E-state index contributed by atoms with van der Waals surface area (Å²) >= 11 is 12.0. The number of aromatic nitrogens is 2. The molecule has 0 saturated carbocycles. The fourth-order valence-corrected chi connectivity index (χ4v) is 3.38. The first kappa shape index (κ1) is 17.0. The minimum absolute atomic E-state index is 0.0591. The first-order valence-corrected chi connectivity index (χ1v) is 8.61. The smallest absolute Gasteiger partial charge is 0.272 e. The van der Waals surface area contributed by atoms with Gasteiger partial charge in [0, 0.05) is 34.9 Å². The number of halogens is 2. The molecule has 2 heterocycles. The van der Waals surface area contributed by atoms with Gasteiger partial charge in [-0.2, -0.15) is 0 Å². The summed E-state index contributed by atoms with van der Waals surface area (Å²) in [7, 11) is 0. The Bertz CT molecular complexity index is 733. The van der Waals surface area contributed by atoms with Crippen LogP contribution in [0.15, 0.2) is 30.6 Å². The predicted molar refractivity (Wildman–Crippen MR) is 96.1 cm³/mol. The van der Waals surface area contributed by atoms with E-state index in [1.54, 1.807) is 24.3 Å². The van der Waals surface area contributed by atoms with Crippen molar-refractivity contribution in [1.82, 2.24) is 14.9 Å². The second kappa shape index (κ2) is 7.36. The zero-order chi connectivity index (χ0) is 17.1. The van der Waals surface area contributed by atoms with Gasteiger partial charge in [0.05, 0.1) is 0 Å². The summed E-state index contributed by atoms with van der Waals surface area (Å²) in [5.74, 6) is 0.989. The maximum atomic E-state index is 12.6. The Balaban J connectivity index is 1.77. The van der Waals surface area contributed by atoms with Gasteiger partial charge in [-0.25, -0.2) is 9.97 Å². The van der Waals surface area contributed by atoms with Gasteiger partial charge in [-0.3, -0.25) is 4.79 Å². The fourth-order valence-electron chi connectivity index (χ4n) is 2.85. The maximum Gasteiger partial charge on any atom is 0.272 e. The highest BCUT2D eigenvalue weighted by Crippen LogP contribution is 2.25. The van der Waals surface area contributed by atoms with Crippen molar-refractivity contribution in [2.45, 2.75) is 19.8 Å². The molecule has 1 saturated heterocycles. The van der Waals surface area contributed by atoms with Crippen LogP contribution in [0, 0.1) is 5.92 Å². The molecule has 1 aromatic heterocycles. The van der Waals surface area contributed by atoms with Gasteiger partial charge >= 0.3 is 0 Å². The van der Waals surface area contributed by atoms with Gasteiger partial charge in [-0.1, -0.05) is 30.1 Å². The van der Waals surface area contributed by atoms with Crippen LogP contribution in [0.3, 0.4) is 0 Å². The van der Waals surface area contributed by atoms with E-state index in [-0.39, 0.29) is 5.91 Å². The highest BCUT2D eigenvalue weighted by molar-refractivity contribution is 6.35. The summed E-state index contributed by atoms with van der Waals surface area (Å²) in [4.78, 5) is 22.8. The van der Waals surface area contributed by atoms with E-state index in [0.717, 1.165) is 25.9 Å². The van der Waals surface area contributed by atoms with Crippen LogP contribution in [-0.2, 0) is 0 Å². The lowest BCUT2D eigenvalue weighted by atomic mass is 10.00. The molecule has 1 amide bonds. The summed E-state index contributed by atoms with van der Waals surface area (Å²) < 4.78 is 0. The Morgan fingerprint density at radius 3 is 2.67 bits per heavy atom. The molecule has 1 N–H and O–H groups in total. The van der Waals surface area contributed by atoms with E-state index < -0.39 is 0 Å². The summed E-state index contributed by atoms with van der Waals surface area (Å²) in [6, 6.07) is 6.78. The van der Waals surface area contributed by atoms with E-state index in [0.29, 0.717) is 33.2 Å². The van der Waals surface area contributed by atoms with Crippen LogP contribution in [0.5, 0.6) is 0 Å². The molecule has 126 valence electrons. The molecule has 3 rings (SSSR count). The van der Waals surface area contributed by atoms with E-state index in [9.17, 15) is 4.79 Å². The van der Waals surface area contributed by atoms with Crippen molar-refractivity contribution in [3.8, 4) is 0 Å². The summed E-state index contributed by atoms with van der Waals surface area (Å²) in [6.45, 7) is 3.71. The molecular formula is C17H18Cl2N4O. The third kappa shape index (κ3) is 4.16. The van der Waals surface area contributed by atoms with Crippen molar-refractivity contribution in [2.75, 3.05) is 18.4 Å². The van der Waals surface area contributed by atoms with E-state index in [1.807, 2.05) is 4.90 Å². The molecule has 0 bridgehead atoms. The Kier molecular flexibility index (Phi) is 5.21. The van der Waals surface area contributed by atoms with Crippen molar-refractivity contribution in [3.63, 3.8) is 0 Å². The van der Waals surface area contributed by atoms with Gasteiger partial charge in [-0.15, -0.1) is 0 Å². The maximum absolute atomic E-state index is 12.6. The Hall–Kier alpha value is -1.85. The van der Waals surface area contributed by atoms with Crippen molar-refractivity contribution in [1.29, 1.82) is 0 Å². The number of hydrogen-bond donors (Lipinski definition) is 1. The molecule has 1 unspecified atom stereocenters. The van der Waals surface area contributed by atoms with Crippen LogP contribution >= 0.6 is 23.2 Å². The van der Waals surface area contributed by atoms with E-state index in [2.05, 4.69) is 22.2 Å². The monoisotopic (exact) mass is 364 g/mol. The Morgan fingerprint density at radius 2 is 1.96 bits per heavy atom. The normalized spacial score (nSPS) is 17.6. The van der Waals surface area contributed by atoms with Gasteiger partial charge in [-0.05, 0) is 37.0 Å². The van der Waals surface area contributed by atoms with E-state index in [4.69, 9.17) is 23.2 Å². The third-order valence-corrected chi connectivity index (χ3v) is 4.40. The molecule has 24 heavy (non-hydrogen) atoms. The van der Waals surface area contributed by atoms with Gasteiger partial charge in [0.25, 0.3) is 5.91 Å². The van der Waals surface area contributed by atoms with Crippen LogP contribution < -0.4 is 5.32 Å². The molecule has 1 aliphatic rings. The SMILES string of the molecule is CC1CCCN(C(=O)c2cc(Nc3cc(Cl)cc(Cl)c3)ncn2)C1. The molecule has 1 aromatic carbocycles. The molecule has 2 aromatic rings. The second-order valence-corrected chi connectivity index (χ2v) is 6.94. The second-order valence-electron chi connectivity index (χ2n) is 6.07. The zero-order valence-electron chi connectivity index (χ0n) is 13.3. The lowest BCUT2D eigenvalue weighted by molar-refractivity contribution is 0.0677. The number of anilines is 2. The first-order chi connectivity index (χ1) is 11.5. The number of nitrogens with zero attached hydrogens (tertiary/aromatic N) is 3. The van der Waals surface area contributed by atoms with Crippen molar-refractivity contribution in [2.24, 2.45) is 5.92 Å². The molecule has 0 radical (unpaired) electrons. The first-order valence-electron chi connectivity index (χ1n) is 7.86. The zero-order valence-corrected chi connectivity index (χ0v) is 14.8. The predicted octanol–water partition coefficient (Wildman–Crippen LogP) is 4.40. The van der Waals surface area contributed by atoms with Crippen LogP contribution in [0.1, 0.15) is 30.3 Å². The lowest BCUT2D eigenvalue weighted by Gasteiger charge is -2.30. The molecule has 0 spiro atoms.